The summed E-state index contributed by atoms with van der Waals surface area (Å²) in [5.74, 6) is 0.962. The summed E-state index contributed by atoms with van der Waals surface area (Å²) in [6.45, 7) is 2.06. The van der Waals surface area contributed by atoms with Crippen molar-refractivity contribution in [3.05, 3.63) is 48.8 Å². The Bertz CT molecular complexity index is 463. The summed E-state index contributed by atoms with van der Waals surface area (Å²) in [6.07, 6.45) is 2.74. The minimum Gasteiger partial charge on any atom is -0.449 e. The predicted molar refractivity (Wildman–Crippen MR) is 67.6 cm³/mol. The van der Waals surface area contributed by atoms with Gasteiger partial charge in [0, 0.05) is 12.4 Å². The van der Waals surface area contributed by atoms with Gasteiger partial charge in [0.2, 0.25) is 0 Å². The Hall–Kier alpha value is -2.43. The minimum atomic E-state index is -0.491. The highest BCUT2D eigenvalue weighted by atomic mass is 16.6. The van der Waals surface area contributed by atoms with Crippen molar-refractivity contribution in [2.75, 3.05) is 11.5 Å². The SMILES string of the molecule is CCOC(=O)N(c1ccccn1)c1ccccn1. The lowest BCUT2D eigenvalue weighted by atomic mass is 10.4. The molecule has 0 aliphatic rings. The molecule has 5 nitrogen and oxygen atoms in total. The second-order valence-corrected chi connectivity index (χ2v) is 3.41. The number of nitrogens with zero attached hydrogens (tertiary/aromatic N) is 3. The molecule has 0 atom stereocenters. The van der Waals surface area contributed by atoms with Crippen LogP contribution in [0.25, 0.3) is 0 Å². The average Bonchev–Trinajstić information content (AvgIpc) is 2.42. The molecule has 0 fully saturated rings. The van der Waals surface area contributed by atoms with Gasteiger partial charge in [0.25, 0.3) is 0 Å². The first-order valence-electron chi connectivity index (χ1n) is 5.62. The number of hydrogen-bond acceptors (Lipinski definition) is 4. The predicted octanol–water partition coefficient (Wildman–Crippen LogP) is 2.77. The summed E-state index contributed by atoms with van der Waals surface area (Å²) in [5, 5.41) is 0. The quantitative estimate of drug-likeness (QED) is 0.831. The highest BCUT2D eigenvalue weighted by Crippen LogP contribution is 2.21. The highest BCUT2D eigenvalue weighted by Gasteiger charge is 2.20. The van der Waals surface area contributed by atoms with Gasteiger partial charge in [-0.25, -0.2) is 19.7 Å². The fourth-order valence-corrected chi connectivity index (χ4v) is 1.46. The number of amides is 1. The van der Waals surface area contributed by atoms with Crippen molar-refractivity contribution in [3.63, 3.8) is 0 Å². The number of carbonyl (C=O) groups excluding carboxylic acids is 1. The molecule has 0 radical (unpaired) electrons. The maximum Gasteiger partial charge on any atom is 0.421 e. The molecular weight excluding hydrogens is 230 g/mol. The van der Waals surface area contributed by atoms with Crippen LogP contribution in [0.5, 0.6) is 0 Å². The zero-order valence-corrected chi connectivity index (χ0v) is 9.98. The van der Waals surface area contributed by atoms with Gasteiger partial charge < -0.3 is 4.74 Å². The van der Waals surface area contributed by atoms with Gasteiger partial charge in [0.05, 0.1) is 6.61 Å². The molecule has 5 heteroatoms. The van der Waals surface area contributed by atoms with E-state index < -0.39 is 6.09 Å². The van der Waals surface area contributed by atoms with Crippen molar-refractivity contribution >= 4 is 17.7 Å². The number of aromatic nitrogens is 2. The van der Waals surface area contributed by atoms with Crippen molar-refractivity contribution in [2.45, 2.75) is 6.92 Å². The summed E-state index contributed by atoms with van der Waals surface area (Å²) in [5.41, 5.74) is 0. The molecule has 1 amide bonds. The molecule has 0 aliphatic carbocycles. The van der Waals surface area contributed by atoms with E-state index in [1.54, 1.807) is 55.7 Å². The average molecular weight is 243 g/mol. The van der Waals surface area contributed by atoms with Crippen molar-refractivity contribution in [1.82, 2.24) is 9.97 Å². The first kappa shape index (κ1) is 12.0. The molecule has 2 aromatic heterocycles. The molecule has 2 aromatic rings. The Morgan fingerprint density at radius 2 is 1.67 bits per heavy atom. The molecular formula is C13H13N3O2. The van der Waals surface area contributed by atoms with E-state index in [0.29, 0.717) is 18.2 Å². The Labute approximate surface area is 105 Å². The molecule has 2 heterocycles. The van der Waals surface area contributed by atoms with E-state index in [0.717, 1.165) is 0 Å². The van der Waals surface area contributed by atoms with Crippen LogP contribution in [-0.2, 0) is 4.74 Å². The van der Waals surface area contributed by atoms with Gasteiger partial charge >= 0.3 is 6.09 Å². The molecule has 0 saturated carbocycles. The number of anilines is 2. The molecule has 0 spiro atoms. The van der Waals surface area contributed by atoms with Gasteiger partial charge in [-0.2, -0.15) is 0 Å². The number of hydrogen-bond donors (Lipinski definition) is 0. The molecule has 18 heavy (non-hydrogen) atoms. The van der Waals surface area contributed by atoms with Crippen molar-refractivity contribution in [3.8, 4) is 0 Å². The van der Waals surface area contributed by atoms with E-state index in [1.165, 1.54) is 4.90 Å². The number of rotatable bonds is 3. The van der Waals surface area contributed by atoms with Crippen molar-refractivity contribution < 1.29 is 9.53 Å². The lowest BCUT2D eigenvalue weighted by molar-refractivity contribution is 0.162. The molecule has 0 unspecified atom stereocenters. The molecule has 0 aliphatic heterocycles. The number of carbonyl (C=O) groups is 1. The normalized spacial score (nSPS) is 9.83. The Balaban J connectivity index is 2.38. The standard InChI is InChI=1S/C13H13N3O2/c1-2-18-13(17)16(11-7-3-5-9-14-11)12-8-4-6-10-15-12/h3-10H,2H2,1H3. The number of ether oxygens (including phenoxy) is 1. The van der Waals surface area contributed by atoms with Crippen LogP contribution in [0, 0.1) is 0 Å². The zero-order chi connectivity index (χ0) is 12.8. The first-order valence-corrected chi connectivity index (χ1v) is 5.62. The van der Waals surface area contributed by atoms with Crippen LogP contribution >= 0.6 is 0 Å². The van der Waals surface area contributed by atoms with Gasteiger partial charge in [-0.1, -0.05) is 12.1 Å². The zero-order valence-electron chi connectivity index (χ0n) is 9.98. The van der Waals surface area contributed by atoms with Gasteiger partial charge in [0.15, 0.2) is 0 Å². The Morgan fingerprint density at radius 3 is 2.06 bits per heavy atom. The molecule has 0 saturated heterocycles. The molecule has 0 N–H and O–H groups in total. The van der Waals surface area contributed by atoms with Gasteiger partial charge in [0.1, 0.15) is 11.6 Å². The van der Waals surface area contributed by atoms with Gasteiger partial charge in [-0.05, 0) is 31.2 Å². The summed E-state index contributed by atoms with van der Waals surface area (Å²) in [7, 11) is 0. The lowest BCUT2D eigenvalue weighted by Gasteiger charge is -2.19. The van der Waals surface area contributed by atoms with E-state index in [1.807, 2.05) is 0 Å². The van der Waals surface area contributed by atoms with Crippen LogP contribution in [-0.4, -0.2) is 22.7 Å². The lowest BCUT2D eigenvalue weighted by Crippen LogP contribution is -2.28. The number of pyridine rings is 2. The Kier molecular flexibility index (Phi) is 3.86. The second-order valence-electron chi connectivity index (χ2n) is 3.41. The molecule has 0 bridgehead atoms. The Morgan fingerprint density at radius 1 is 1.11 bits per heavy atom. The smallest absolute Gasteiger partial charge is 0.421 e. The monoisotopic (exact) mass is 243 g/mol. The third kappa shape index (κ3) is 2.63. The fraction of sp³-hybridized carbons (Fsp3) is 0.154. The van der Waals surface area contributed by atoms with Crippen LogP contribution in [0.1, 0.15) is 6.92 Å². The van der Waals surface area contributed by atoms with E-state index >= 15 is 0 Å². The second kappa shape index (κ2) is 5.77. The topological polar surface area (TPSA) is 55.3 Å². The fourth-order valence-electron chi connectivity index (χ4n) is 1.46. The maximum absolute atomic E-state index is 12.0. The largest absolute Gasteiger partial charge is 0.449 e. The summed E-state index contributed by atoms with van der Waals surface area (Å²) in [6, 6.07) is 10.6. The van der Waals surface area contributed by atoms with Crippen LogP contribution in [0.15, 0.2) is 48.8 Å². The third-order valence-corrected chi connectivity index (χ3v) is 2.21. The van der Waals surface area contributed by atoms with Crippen LogP contribution < -0.4 is 4.90 Å². The van der Waals surface area contributed by atoms with E-state index in [2.05, 4.69) is 9.97 Å². The van der Waals surface area contributed by atoms with Gasteiger partial charge in [-0.3, -0.25) is 0 Å². The molecule has 2 rings (SSSR count). The summed E-state index contributed by atoms with van der Waals surface area (Å²) < 4.78 is 5.02. The third-order valence-electron chi connectivity index (χ3n) is 2.21. The summed E-state index contributed by atoms with van der Waals surface area (Å²) >= 11 is 0. The summed E-state index contributed by atoms with van der Waals surface area (Å²) in [4.78, 5) is 21.6. The first-order chi connectivity index (χ1) is 8.83. The van der Waals surface area contributed by atoms with E-state index in [9.17, 15) is 4.79 Å². The van der Waals surface area contributed by atoms with Crippen molar-refractivity contribution in [2.24, 2.45) is 0 Å². The van der Waals surface area contributed by atoms with Crippen LogP contribution in [0.2, 0.25) is 0 Å². The molecule has 92 valence electrons. The minimum absolute atomic E-state index is 0.301. The highest BCUT2D eigenvalue weighted by molar-refractivity contribution is 5.93. The molecule has 0 aromatic carbocycles. The maximum atomic E-state index is 12.0. The van der Waals surface area contributed by atoms with E-state index in [-0.39, 0.29) is 0 Å². The van der Waals surface area contributed by atoms with Crippen molar-refractivity contribution in [1.29, 1.82) is 0 Å². The van der Waals surface area contributed by atoms with Crippen LogP contribution in [0.4, 0.5) is 16.4 Å². The van der Waals surface area contributed by atoms with E-state index in [4.69, 9.17) is 4.74 Å². The van der Waals surface area contributed by atoms with Crippen LogP contribution in [0.3, 0.4) is 0 Å². The van der Waals surface area contributed by atoms with Gasteiger partial charge in [-0.15, -0.1) is 0 Å².